The number of hydrogen-bond acceptors (Lipinski definition) is 2. The van der Waals surface area contributed by atoms with E-state index in [9.17, 15) is 4.79 Å². The summed E-state index contributed by atoms with van der Waals surface area (Å²) in [4.78, 5) is 12.0. The predicted octanol–water partition coefficient (Wildman–Crippen LogP) is 3.35. The maximum Gasteiger partial charge on any atom is 0.219 e. The fourth-order valence-electron chi connectivity index (χ4n) is 4.03. The molecule has 1 rings (SSSR count). The zero-order valence-electron chi connectivity index (χ0n) is 20.8. The van der Waals surface area contributed by atoms with E-state index in [1.807, 2.05) is 24.3 Å². The van der Waals surface area contributed by atoms with Crippen LogP contribution in [-0.2, 0) is 11.3 Å². The lowest BCUT2D eigenvalue weighted by molar-refractivity contribution is -0.903. The molecule has 1 amide bonds. The van der Waals surface area contributed by atoms with Gasteiger partial charge in [-0.3, -0.25) is 4.79 Å². The zero-order chi connectivity index (χ0) is 22.8. The molecule has 0 saturated heterocycles. The average Bonchev–Trinajstić information content (AvgIpc) is 2.75. The van der Waals surface area contributed by atoms with Gasteiger partial charge in [0.25, 0.3) is 0 Å². The van der Waals surface area contributed by atoms with Crippen molar-refractivity contribution in [2.24, 2.45) is 0 Å². The highest BCUT2D eigenvalue weighted by atomic mass is 35.5. The summed E-state index contributed by atoms with van der Waals surface area (Å²) < 4.78 is 0.875. The second-order valence-corrected chi connectivity index (χ2v) is 9.62. The molecule has 1 aromatic rings. The van der Waals surface area contributed by atoms with Gasteiger partial charge in [0, 0.05) is 24.9 Å². The number of quaternary nitrogens is 1. The maximum atomic E-state index is 12.0. The third-order valence-electron chi connectivity index (χ3n) is 5.96. The minimum absolute atomic E-state index is 0. The molecular weight excluding hydrogens is 418 g/mol. The summed E-state index contributed by atoms with van der Waals surface area (Å²) in [5.74, 6) is 0.202. The highest BCUT2D eigenvalue weighted by molar-refractivity contribution is 5.75. The van der Waals surface area contributed by atoms with E-state index in [4.69, 9.17) is 5.26 Å². The Morgan fingerprint density at radius 3 is 1.94 bits per heavy atom. The van der Waals surface area contributed by atoms with Crippen LogP contribution in [0.15, 0.2) is 24.3 Å². The first-order valence-corrected chi connectivity index (χ1v) is 12.5. The molecule has 32 heavy (non-hydrogen) atoms. The number of nitrogens with zero attached hydrogens (tertiary/aromatic N) is 2. The quantitative estimate of drug-likeness (QED) is 0.268. The van der Waals surface area contributed by atoms with Gasteiger partial charge in [-0.2, -0.15) is 5.26 Å². The number of hydrogen-bond donors (Lipinski definition) is 1. The van der Waals surface area contributed by atoms with Crippen molar-refractivity contribution in [2.75, 3.05) is 27.2 Å². The van der Waals surface area contributed by atoms with E-state index in [0.29, 0.717) is 12.0 Å². The fourth-order valence-corrected chi connectivity index (χ4v) is 4.03. The molecule has 0 spiro atoms. The molecule has 5 heteroatoms. The topological polar surface area (TPSA) is 52.9 Å². The summed E-state index contributed by atoms with van der Waals surface area (Å²) in [7, 11) is 4.43. The van der Waals surface area contributed by atoms with Crippen LogP contribution in [0.2, 0.25) is 0 Å². The van der Waals surface area contributed by atoms with E-state index in [1.165, 1.54) is 69.8 Å². The number of amides is 1. The van der Waals surface area contributed by atoms with Crippen molar-refractivity contribution in [2.45, 2.75) is 96.9 Å². The number of rotatable bonds is 18. The molecule has 0 heterocycles. The number of carbonyl (C=O) groups is 1. The zero-order valence-corrected chi connectivity index (χ0v) is 21.6. The van der Waals surface area contributed by atoms with Crippen molar-refractivity contribution in [1.82, 2.24) is 5.32 Å². The monoisotopic (exact) mass is 463 g/mol. The van der Waals surface area contributed by atoms with Crippen LogP contribution in [0.1, 0.15) is 102 Å². The normalized spacial score (nSPS) is 10.9. The summed E-state index contributed by atoms with van der Waals surface area (Å²) in [6.07, 6.45) is 16.1. The van der Waals surface area contributed by atoms with Crippen LogP contribution in [0.4, 0.5) is 0 Å². The molecule has 182 valence electrons. The number of nitrogens with one attached hydrogen (secondary N) is 1. The molecule has 0 unspecified atom stereocenters. The van der Waals surface area contributed by atoms with E-state index in [1.54, 1.807) is 0 Å². The SMILES string of the molecule is CCCCCCCCCCCCCC(=O)NCCC[N+](C)(C)Cc1ccc(C#N)cc1.[Cl-]. The van der Waals surface area contributed by atoms with Gasteiger partial charge in [0.2, 0.25) is 5.91 Å². The molecule has 0 fully saturated rings. The van der Waals surface area contributed by atoms with Crippen molar-refractivity contribution in [1.29, 1.82) is 5.26 Å². The summed E-state index contributed by atoms with van der Waals surface area (Å²) in [5, 5.41) is 12.0. The van der Waals surface area contributed by atoms with Crippen molar-refractivity contribution >= 4 is 5.91 Å². The Morgan fingerprint density at radius 2 is 1.41 bits per heavy atom. The van der Waals surface area contributed by atoms with Crippen LogP contribution in [-0.4, -0.2) is 37.6 Å². The van der Waals surface area contributed by atoms with Crippen LogP contribution in [0, 0.1) is 11.3 Å². The Labute approximate surface area is 203 Å². The number of halogens is 1. The number of benzene rings is 1. The Balaban J connectivity index is 0.00000961. The second kappa shape index (κ2) is 18.9. The van der Waals surface area contributed by atoms with Crippen molar-refractivity contribution < 1.29 is 21.7 Å². The molecule has 0 saturated carbocycles. The summed E-state index contributed by atoms with van der Waals surface area (Å²) >= 11 is 0. The lowest BCUT2D eigenvalue weighted by Crippen LogP contribution is -3.00. The van der Waals surface area contributed by atoms with Gasteiger partial charge in [0.1, 0.15) is 6.54 Å². The molecular formula is C27H46ClN3O. The van der Waals surface area contributed by atoms with Crippen molar-refractivity contribution in [3.05, 3.63) is 35.4 Å². The smallest absolute Gasteiger partial charge is 0.219 e. The molecule has 0 aliphatic heterocycles. The minimum Gasteiger partial charge on any atom is -1.00 e. The van der Waals surface area contributed by atoms with Crippen molar-refractivity contribution in [3.63, 3.8) is 0 Å². The molecule has 4 nitrogen and oxygen atoms in total. The molecule has 0 atom stereocenters. The first-order chi connectivity index (χ1) is 15.0. The second-order valence-electron chi connectivity index (χ2n) is 9.62. The molecule has 0 bridgehead atoms. The van der Waals surface area contributed by atoms with Gasteiger partial charge in [-0.05, 0) is 18.6 Å². The predicted molar refractivity (Wildman–Crippen MR) is 131 cm³/mol. The third-order valence-corrected chi connectivity index (χ3v) is 5.96. The van der Waals surface area contributed by atoms with E-state index in [2.05, 4.69) is 32.4 Å². The Hall–Kier alpha value is -1.57. The summed E-state index contributed by atoms with van der Waals surface area (Å²) in [5.41, 5.74) is 1.94. The van der Waals surface area contributed by atoms with Crippen molar-refractivity contribution in [3.8, 4) is 6.07 Å². The van der Waals surface area contributed by atoms with Gasteiger partial charge in [0.05, 0.1) is 32.3 Å². The minimum atomic E-state index is 0. The molecule has 1 N–H and O–H groups in total. The van der Waals surface area contributed by atoms with E-state index >= 15 is 0 Å². The van der Waals surface area contributed by atoms with Gasteiger partial charge in [0.15, 0.2) is 0 Å². The lowest BCUT2D eigenvalue weighted by Gasteiger charge is -2.30. The number of unbranched alkanes of at least 4 members (excludes halogenated alkanes) is 10. The lowest BCUT2D eigenvalue weighted by atomic mass is 10.1. The van der Waals surface area contributed by atoms with Crippen LogP contribution in [0.3, 0.4) is 0 Å². The largest absolute Gasteiger partial charge is 1.00 e. The molecule has 0 radical (unpaired) electrons. The number of carbonyl (C=O) groups excluding carboxylic acids is 1. The average molecular weight is 464 g/mol. The molecule has 0 aliphatic carbocycles. The first-order valence-electron chi connectivity index (χ1n) is 12.5. The van der Waals surface area contributed by atoms with Gasteiger partial charge in [-0.15, -0.1) is 0 Å². The Morgan fingerprint density at radius 1 is 0.875 bits per heavy atom. The first kappa shape index (κ1) is 30.4. The van der Waals surface area contributed by atoms with Gasteiger partial charge in [-0.1, -0.05) is 83.3 Å². The van der Waals surface area contributed by atoms with E-state index < -0.39 is 0 Å². The van der Waals surface area contributed by atoms with Crippen LogP contribution >= 0.6 is 0 Å². The highest BCUT2D eigenvalue weighted by Gasteiger charge is 2.15. The molecule has 0 aromatic heterocycles. The van der Waals surface area contributed by atoms with Gasteiger partial charge < -0.3 is 22.2 Å². The number of nitriles is 1. The maximum absolute atomic E-state index is 12.0. The van der Waals surface area contributed by atoms with E-state index in [0.717, 1.165) is 37.0 Å². The standard InChI is InChI=1S/C27H45N3O.ClH/c1-4-5-6-7-8-9-10-11-12-13-14-16-27(31)29-21-15-22-30(2,3)24-26-19-17-25(23-28)18-20-26;/h17-20H,4-16,21-22,24H2,1-3H3;1H. The van der Waals surface area contributed by atoms with Crippen LogP contribution in [0.25, 0.3) is 0 Å². The van der Waals surface area contributed by atoms with Crippen LogP contribution < -0.4 is 17.7 Å². The summed E-state index contributed by atoms with van der Waals surface area (Å²) in [6, 6.07) is 9.99. The summed E-state index contributed by atoms with van der Waals surface area (Å²) in [6.45, 7) is 4.96. The third kappa shape index (κ3) is 16.1. The molecule has 1 aromatic carbocycles. The van der Waals surface area contributed by atoms with Gasteiger partial charge in [-0.25, -0.2) is 0 Å². The molecule has 0 aliphatic rings. The Kier molecular flexibility index (Phi) is 18.0. The highest BCUT2D eigenvalue weighted by Crippen LogP contribution is 2.13. The van der Waals surface area contributed by atoms with Crippen LogP contribution in [0.5, 0.6) is 0 Å². The fraction of sp³-hybridized carbons (Fsp3) is 0.704. The van der Waals surface area contributed by atoms with Gasteiger partial charge >= 0.3 is 0 Å². The Bertz CT molecular complexity index is 637. The van der Waals surface area contributed by atoms with E-state index in [-0.39, 0.29) is 18.3 Å².